The fraction of sp³-hybridized carbons (Fsp3) is 0.750. The van der Waals surface area contributed by atoms with Gasteiger partial charge < -0.3 is 19.8 Å². The first kappa shape index (κ1) is 28.2. The number of aryl methyl sites for hydroxylation is 1. The van der Waals surface area contributed by atoms with Crippen LogP contribution in [0, 0.1) is 6.92 Å². The maximum absolute atomic E-state index is 13.3. The van der Waals surface area contributed by atoms with Crippen LogP contribution in [0.3, 0.4) is 0 Å². The first-order valence-corrected chi connectivity index (χ1v) is 17.2. The first-order valence-electron chi connectivity index (χ1n) is 12.8. The Hall–Kier alpha value is -1.77. The van der Waals surface area contributed by atoms with Gasteiger partial charge in [0.15, 0.2) is 20.1 Å². The molecule has 0 radical (unpaired) electrons. The second-order valence-electron chi connectivity index (χ2n) is 12.0. The molecular formula is C24H40N4O7SSi. The number of nitrogens with zero attached hydrogens (tertiary/aromatic N) is 3. The van der Waals surface area contributed by atoms with E-state index in [4.69, 9.17) is 19.1 Å². The molecule has 0 aliphatic carbocycles. The van der Waals surface area contributed by atoms with Gasteiger partial charge in [0, 0.05) is 25.4 Å². The third-order valence-electron chi connectivity index (χ3n) is 8.30. The number of likely N-dealkylation sites (tertiary alicyclic amines) is 1. The molecule has 0 bridgehead atoms. The molecule has 1 spiro atoms. The number of hydrogen-bond donors (Lipinski definition) is 1. The Morgan fingerprint density at radius 3 is 2.35 bits per heavy atom. The molecule has 0 saturated carbocycles. The van der Waals surface area contributed by atoms with E-state index in [0.29, 0.717) is 12.1 Å². The largest absolute Gasteiger partial charge is 0.406 e. The van der Waals surface area contributed by atoms with E-state index >= 15 is 0 Å². The summed E-state index contributed by atoms with van der Waals surface area (Å²) in [5.74, 6) is 0. The molecule has 2 saturated heterocycles. The summed E-state index contributed by atoms with van der Waals surface area (Å²) < 4.78 is 47.2. The van der Waals surface area contributed by atoms with Crippen LogP contribution in [0.1, 0.15) is 51.8 Å². The van der Waals surface area contributed by atoms with Crippen LogP contribution in [0.2, 0.25) is 18.1 Å². The van der Waals surface area contributed by atoms with Gasteiger partial charge in [0.05, 0.1) is 11.1 Å². The fourth-order valence-corrected chi connectivity index (χ4v) is 7.64. The Morgan fingerprint density at radius 1 is 1.19 bits per heavy atom. The van der Waals surface area contributed by atoms with Crippen LogP contribution in [0.4, 0.5) is 0 Å². The predicted molar refractivity (Wildman–Crippen MR) is 142 cm³/mol. The molecule has 1 aromatic heterocycles. The van der Waals surface area contributed by atoms with Crippen LogP contribution in [-0.4, -0.2) is 68.2 Å². The van der Waals surface area contributed by atoms with Crippen molar-refractivity contribution in [2.24, 2.45) is 12.8 Å². The van der Waals surface area contributed by atoms with Gasteiger partial charge in [0.1, 0.15) is 12.2 Å². The Morgan fingerprint density at radius 2 is 1.81 bits per heavy atom. The van der Waals surface area contributed by atoms with Gasteiger partial charge in [-0.15, -0.1) is 0 Å². The summed E-state index contributed by atoms with van der Waals surface area (Å²) in [5.41, 5.74) is 4.15. The van der Waals surface area contributed by atoms with Crippen molar-refractivity contribution in [3.63, 3.8) is 0 Å². The molecule has 3 aliphatic heterocycles. The van der Waals surface area contributed by atoms with Gasteiger partial charge in [-0.3, -0.25) is 13.9 Å². The topological polar surface area (TPSA) is 135 Å². The summed E-state index contributed by atoms with van der Waals surface area (Å²) in [7, 11) is -5.30. The zero-order valence-corrected chi connectivity index (χ0v) is 24.6. The highest BCUT2D eigenvalue weighted by atomic mass is 32.2. The van der Waals surface area contributed by atoms with E-state index in [9.17, 15) is 18.0 Å². The van der Waals surface area contributed by atoms with E-state index in [1.165, 1.54) is 17.8 Å². The summed E-state index contributed by atoms with van der Waals surface area (Å²) in [6, 6.07) is 0. The molecule has 1 aromatic rings. The molecule has 11 nitrogen and oxygen atoms in total. The van der Waals surface area contributed by atoms with E-state index in [2.05, 4.69) is 25.7 Å². The summed E-state index contributed by atoms with van der Waals surface area (Å²) in [6.45, 7) is 13.9. The maximum atomic E-state index is 13.3. The molecular weight excluding hydrogens is 516 g/mol. The average molecular weight is 557 g/mol. The maximum Gasteiger partial charge on any atom is 0.332 e. The first-order chi connectivity index (χ1) is 17.0. The highest BCUT2D eigenvalue weighted by molar-refractivity contribution is 7.90. The molecule has 3 aliphatic rings. The quantitative estimate of drug-likeness (QED) is 0.423. The highest BCUT2D eigenvalue weighted by Crippen LogP contribution is 2.51. The van der Waals surface area contributed by atoms with Crippen LogP contribution in [0.15, 0.2) is 26.9 Å². The number of rotatable bonds is 5. The minimum atomic E-state index is -4.12. The van der Waals surface area contributed by atoms with Crippen molar-refractivity contribution in [3.05, 3.63) is 43.7 Å². The Kier molecular flexibility index (Phi) is 7.21. The summed E-state index contributed by atoms with van der Waals surface area (Å²) in [4.78, 5) is 28.0. The monoisotopic (exact) mass is 556 g/mol. The van der Waals surface area contributed by atoms with Gasteiger partial charge in [0.25, 0.3) is 15.7 Å². The number of ether oxygens (including phenoxy) is 1. The molecule has 0 aromatic carbocycles. The van der Waals surface area contributed by atoms with Crippen molar-refractivity contribution in [1.82, 2.24) is 14.0 Å². The summed E-state index contributed by atoms with van der Waals surface area (Å²) >= 11 is 0. The Balaban J connectivity index is 1.91. The molecule has 208 valence electrons. The van der Waals surface area contributed by atoms with E-state index < -0.39 is 53.7 Å². The lowest BCUT2D eigenvalue weighted by molar-refractivity contribution is -0.0519. The zero-order valence-electron chi connectivity index (χ0n) is 22.8. The van der Waals surface area contributed by atoms with Crippen molar-refractivity contribution in [3.8, 4) is 0 Å². The van der Waals surface area contributed by atoms with Gasteiger partial charge in [0.2, 0.25) is 0 Å². The van der Waals surface area contributed by atoms with Gasteiger partial charge in [-0.2, -0.15) is 8.42 Å². The van der Waals surface area contributed by atoms with Gasteiger partial charge in [-0.1, -0.05) is 27.2 Å². The minimum Gasteiger partial charge on any atom is -0.406 e. The third-order valence-corrected chi connectivity index (χ3v) is 13.8. The molecule has 2 N–H and O–H groups in total. The van der Waals surface area contributed by atoms with Crippen molar-refractivity contribution in [1.29, 1.82) is 0 Å². The SMILES string of the molecule is Cc1cn([C@@H]2O[C@H](CN3CCCCC3)C3(OS(=O)(=O)C=C3N)[C@H]2O[Si](C)(C)C(C)(C)C)c(=O)n(C)c1=O. The van der Waals surface area contributed by atoms with Gasteiger partial charge in [-0.05, 0) is 51.0 Å². The van der Waals surface area contributed by atoms with Crippen molar-refractivity contribution >= 4 is 18.4 Å². The Bertz CT molecular complexity index is 1310. The number of nitrogens with two attached hydrogens (primary N) is 1. The van der Waals surface area contributed by atoms with Crippen molar-refractivity contribution in [2.45, 2.75) is 89.1 Å². The van der Waals surface area contributed by atoms with Gasteiger partial charge in [-0.25, -0.2) is 8.98 Å². The highest BCUT2D eigenvalue weighted by Gasteiger charge is 2.67. The lowest BCUT2D eigenvalue weighted by atomic mass is 9.88. The lowest BCUT2D eigenvalue weighted by Crippen LogP contribution is -2.59. The molecule has 37 heavy (non-hydrogen) atoms. The second-order valence-corrected chi connectivity index (χ2v) is 18.1. The molecule has 1 unspecified atom stereocenters. The van der Waals surface area contributed by atoms with Crippen LogP contribution in [0.25, 0.3) is 0 Å². The predicted octanol–water partition coefficient (Wildman–Crippen LogP) is 1.53. The van der Waals surface area contributed by atoms with Crippen LogP contribution in [-0.2, 0) is 30.5 Å². The average Bonchev–Trinajstić information content (AvgIpc) is 3.21. The lowest BCUT2D eigenvalue weighted by Gasteiger charge is -2.43. The smallest absolute Gasteiger partial charge is 0.332 e. The van der Waals surface area contributed by atoms with E-state index in [0.717, 1.165) is 42.3 Å². The summed E-state index contributed by atoms with van der Waals surface area (Å²) in [5, 5.41) is 0.683. The molecule has 0 amide bonds. The third kappa shape index (κ3) is 4.89. The number of piperidine rings is 1. The normalized spacial score (nSPS) is 30.7. The number of hydrogen-bond acceptors (Lipinski definition) is 9. The van der Waals surface area contributed by atoms with E-state index in [1.54, 1.807) is 6.92 Å². The summed E-state index contributed by atoms with van der Waals surface area (Å²) in [6.07, 6.45) is 1.68. The molecule has 4 heterocycles. The minimum absolute atomic E-state index is 0.00434. The zero-order chi connectivity index (χ0) is 27.6. The van der Waals surface area contributed by atoms with Crippen molar-refractivity contribution in [2.75, 3.05) is 19.6 Å². The van der Waals surface area contributed by atoms with E-state index in [1.807, 2.05) is 13.1 Å². The molecule has 4 rings (SSSR count). The van der Waals surface area contributed by atoms with Crippen LogP contribution < -0.4 is 17.0 Å². The van der Waals surface area contributed by atoms with Crippen LogP contribution >= 0.6 is 0 Å². The second kappa shape index (κ2) is 9.45. The fourth-order valence-electron chi connectivity index (χ4n) is 5.13. The molecule has 2 fully saturated rings. The standard InChI is InChI=1S/C24H40N4O7SSi/c1-16-13-28(22(30)26(5)20(16)29)21-19(34-37(6,7)23(2,3)4)24(17(25)15-36(31,32)35-24)18(33-21)14-27-11-9-8-10-12-27/h13,15,18-19,21H,8-12,14,25H2,1-7H3/t18-,19+,21-,24?/m1/s1. The van der Waals surface area contributed by atoms with E-state index in [-0.39, 0.29) is 10.7 Å². The van der Waals surface area contributed by atoms with Crippen molar-refractivity contribution < 1.29 is 21.8 Å². The van der Waals surface area contributed by atoms with Gasteiger partial charge >= 0.3 is 5.69 Å². The molecule has 4 atom stereocenters. The van der Waals surface area contributed by atoms with Crippen LogP contribution in [0.5, 0.6) is 0 Å². The Labute approximate surface area is 219 Å². The number of aromatic nitrogens is 2. The molecule has 13 heteroatoms.